The van der Waals surface area contributed by atoms with Crippen LogP contribution in [0, 0.1) is 6.20 Å². The Kier molecular flexibility index (Phi) is 0.828. The molecule has 0 aromatic heterocycles. The van der Waals surface area contributed by atoms with Crippen LogP contribution < -0.4 is 0 Å². The lowest BCUT2D eigenvalue weighted by Crippen LogP contribution is -2.29. The first kappa shape index (κ1) is 4.61. The highest BCUT2D eigenvalue weighted by Gasteiger charge is 2.11. The molecule has 0 N–H and O–H groups in total. The Morgan fingerprint density at radius 3 is 3.44 bits per heavy atom. The third-order valence-electron chi connectivity index (χ3n) is 1.26. The van der Waals surface area contributed by atoms with Crippen LogP contribution in [0.5, 0.6) is 0 Å². The van der Waals surface area contributed by atoms with Gasteiger partial charge in [0.15, 0.2) is 0 Å². The quantitative estimate of drug-likeness (QED) is 0.459. The second kappa shape index (κ2) is 1.62. The van der Waals surface area contributed by atoms with Crippen LogP contribution in [0.25, 0.3) is 0 Å². The summed E-state index contributed by atoms with van der Waals surface area (Å²) >= 11 is 0. The summed E-state index contributed by atoms with van der Waals surface area (Å²) in [7, 11) is 0. The molecule has 2 rings (SSSR count). The summed E-state index contributed by atoms with van der Waals surface area (Å²) in [6.45, 7) is 0.720. The Balaban J connectivity index is 2.25. The van der Waals surface area contributed by atoms with Crippen molar-refractivity contribution in [3.63, 3.8) is 0 Å². The van der Waals surface area contributed by atoms with E-state index in [1.165, 1.54) is 0 Å². The van der Waals surface area contributed by atoms with Crippen molar-refractivity contribution in [2.24, 2.45) is 4.99 Å². The van der Waals surface area contributed by atoms with Gasteiger partial charge in [-0.1, -0.05) is 0 Å². The second-order valence-electron chi connectivity index (χ2n) is 1.86. The number of nitrogens with zero attached hydrogens (tertiary/aromatic N) is 3. The highest BCUT2D eigenvalue weighted by atomic mass is 15.7. The van der Waals surface area contributed by atoms with Gasteiger partial charge in [0, 0.05) is 6.20 Å². The van der Waals surface area contributed by atoms with E-state index in [1.807, 2.05) is 28.4 Å². The van der Waals surface area contributed by atoms with E-state index in [1.54, 1.807) is 6.34 Å². The standard InChI is InChI=1S/C6H6N3/c1-2-4-9-6-7-5-8(9)3-1/h1-3,6H,5H2. The van der Waals surface area contributed by atoms with E-state index in [4.69, 9.17) is 0 Å². The first-order valence-corrected chi connectivity index (χ1v) is 2.79. The third kappa shape index (κ3) is 0.614. The van der Waals surface area contributed by atoms with Crippen LogP contribution in [0.3, 0.4) is 0 Å². The molecule has 0 unspecified atom stereocenters. The van der Waals surface area contributed by atoms with E-state index in [-0.39, 0.29) is 0 Å². The molecule has 2 aliphatic heterocycles. The minimum absolute atomic E-state index is 0.720. The topological polar surface area (TPSA) is 18.8 Å². The van der Waals surface area contributed by atoms with Gasteiger partial charge in [-0.05, 0) is 12.2 Å². The van der Waals surface area contributed by atoms with Gasteiger partial charge >= 0.3 is 0 Å². The summed E-state index contributed by atoms with van der Waals surface area (Å²) in [4.78, 5) is 4.02. The number of hydrogen-bond acceptors (Lipinski definition) is 3. The number of rotatable bonds is 0. The van der Waals surface area contributed by atoms with Gasteiger partial charge < -0.3 is 0 Å². The van der Waals surface area contributed by atoms with Crippen molar-refractivity contribution >= 4 is 6.34 Å². The number of fused-ring (bicyclic) bond motifs is 1. The lowest BCUT2D eigenvalue weighted by Gasteiger charge is -2.22. The van der Waals surface area contributed by atoms with Crippen molar-refractivity contribution in [2.75, 3.05) is 6.67 Å². The Labute approximate surface area is 53.6 Å². The van der Waals surface area contributed by atoms with Crippen molar-refractivity contribution in [3.05, 3.63) is 24.6 Å². The maximum atomic E-state index is 4.02. The maximum Gasteiger partial charge on any atom is 0.131 e. The lowest BCUT2D eigenvalue weighted by atomic mass is 10.5. The minimum Gasteiger partial charge on any atom is -0.265 e. The second-order valence-corrected chi connectivity index (χ2v) is 1.86. The number of hydrazine groups is 1. The molecule has 2 heterocycles. The molecule has 0 aliphatic carbocycles. The molecule has 1 radical (unpaired) electrons. The van der Waals surface area contributed by atoms with Gasteiger partial charge in [-0.2, -0.15) is 0 Å². The Bertz CT molecular complexity index is 192. The monoisotopic (exact) mass is 120 g/mol. The van der Waals surface area contributed by atoms with Crippen molar-refractivity contribution in [1.29, 1.82) is 0 Å². The Hall–Kier alpha value is -1.25. The molecule has 2 aliphatic rings. The normalized spacial score (nSPS) is 21.3. The summed E-state index contributed by atoms with van der Waals surface area (Å²) in [5.74, 6) is 0. The van der Waals surface area contributed by atoms with Crippen molar-refractivity contribution < 1.29 is 0 Å². The highest BCUT2D eigenvalue weighted by Crippen LogP contribution is 2.07. The molecule has 0 spiro atoms. The van der Waals surface area contributed by atoms with Crippen LogP contribution in [0.4, 0.5) is 0 Å². The molecular formula is C6H6N3. The fraction of sp³-hybridized carbons (Fsp3) is 0.167. The average Bonchev–Trinajstić information content (AvgIpc) is 2.33. The number of aliphatic imine (C=N–C) groups is 1. The van der Waals surface area contributed by atoms with Gasteiger partial charge in [0.1, 0.15) is 13.0 Å². The molecule has 3 nitrogen and oxygen atoms in total. The number of hydrogen-bond donors (Lipinski definition) is 0. The molecule has 9 heavy (non-hydrogen) atoms. The van der Waals surface area contributed by atoms with Gasteiger partial charge in [-0.15, -0.1) is 0 Å². The predicted octanol–water partition coefficient (Wildman–Crippen LogP) is 0.349. The molecule has 3 heteroatoms. The SMILES string of the molecule is [C]1=CC=CN2CN=CN12. The Morgan fingerprint density at radius 2 is 2.56 bits per heavy atom. The Morgan fingerprint density at radius 1 is 1.56 bits per heavy atom. The summed E-state index contributed by atoms with van der Waals surface area (Å²) in [6, 6.07) is 0. The van der Waals surface area contributed by atoms with Crippen molar-refractivity contribution in [3.8, 4) is 0 Å². The highest BCUT2D eigenvalue weighted by molar-refractivity contribution is 5.57. The largest absolute Gasteiger partial charge is 0.265 e. The zero-order chi connectivity index (χ0) is 6.10. The summed E-state index contributed by atoms with van der Waals surface area (Å²) in [5, 5.41) is 3.78. The van der Waals surface area contributed by atoms with Crippen LogP contribution in [0.2, 0.25) is 0 Å². The predicted molar refractivity (Wildman–Crippen MR) is 34.0 cm³/mol. The van der Waals surface area contributed by atoms with Crippen molar-refractivity contribution in [2.45, 2.75) is 0 Å². The molecule has 0 saturated carbocycles. The van der Waals surface area contributed by atoms with E-state index in [9.17, 15) is 0 Å². The van der Waals surface area contributed by atoms with E-state index >= 15 is 0 Å². The maximum absolute atomic E-state index is 4.02. The molecule has 0 aromatic carbocycles. The zero-order valence-electron chi connectivity index (χ0n) is 4.86. The summed E-state index contributed by atoms with van der Waals surface area (Å²) < 4.78 is 0. The van der Waals surface area contributed by atoms with Crippen LogP contribution in [0.15, 0.2) is 23.3 Å². The van der Waals surface area contributed by atoms with Gasteiger partial charge in [0.2, 0.25) is 0 Å². The number of allylic oxidation sites excluding steroid dienone is 2. The third-order valence-corrected chi connectivity index (χ3v) is 1.26. The first-order chi connectivity index (χ1) is 4.47. The molecule has 0 bridgehead atoms. The molecule has 0 atom stereocenters. The molecule has 0 saturated heterocycles. The molecule has 0 aromatic rings. The van der Waals surface area contributed by atoms with E-state index in [2.05, 4.69) is 11.2 Å². The van der Waals surface area contributed by atoms with Crippen molar-refractivity contribution in [1.82, 2.24) is 10.0 Å². The smallest absolute Gasteiger partial charge is 0.131 e. The average molecular weight is 120 g/mol. The van der Waals surface area contributed by atoms with E-state index < -0.39 is 0 Å². The van der Waals surface area contributed by atoms with Crippen LogP contribution in [-0.2, 0) is 0 Å². The fourth-order valence-electron chi connectivity index (χ4n) is 0.820. The van der Waals surface area contributed by atoms with Crippen LogP contribution in [-0.4, -0.2) is 23.0 Å². The van der Waals surface area contributed by atoms with E-state index in [0.717, 1.165) is 6.67 Å². The van der Waals surface area contributed by atoms with Gasteiger partial charge in [-0.25, -0.2) is 5.01 Å². The molecule has 0 fully saturated rings. The van der Waals surface area contributed by atoms with Crippen LogP contribution >= 0.6 is 0 Å². The molecule has 0 amide bonds. The first-order valence-electron chi connectivity index (χ1n) is 2.79. The van der Waals surface area contributed by atoms with Gasteiger partial charge in [0.25, 0.3) is 0 Å². The fourth-order valence-corrected chi connectivity index (χ4v) is 0.820. The minimum atomic E-state index is 0.720. The zero-order valence-corrected chi connectivity index (χ0v) is 4.86. The van der Waals surface area contributed by atoms with Gasteiger partial charge in [0.05, 0.1) is 6.20 Å². The molecule has 45 valence electrons. The lowest BCUT2D eigenvalue weighted by molar-refractivity contribution is 0.183. The molecular weight excluding hydrogens is 114 g/mol. The van der Waals surface area contributed by atoms with E-state index in [0.29, 0.717) is 0 Å². The van der Waals surface area contributed by atoms with Crippen LogP contribution in [0.1, 0.15) is 0 Å². The summed E-state index contributed by atoms with van der Waals surface area (Å²) in [5.41, 5.74) is 0. The summed E-state index contributed by atoms with van der Waals surface area (Å²) in [6.07, 6.45) is 10.5. The van der Waals surface area contributed by atoms with Gasteiger partial charge in [-0.3, -0.25) is 10.0 Å².